The van der Waals surface area contributed by atoms with Crippen molar-refractivity contribution in [3.05, 3.63) is 77.9 Å². The molecule has 166 valence electrons. The van der Waals surface area contributed by atoms with Crippen LogP contribution in [0.5, 0.6) is 11.5 Å². The van der Waals surface area contributed by atoms with Gasteiger partial charge in [0.1, 0.15) is 17.3 Å². The van der Waals surface area contributed by atoms with Crippen molar-refractivity contribution in [2.24, 2.45) is 0 Å². The van der Waals surface area contributed by atoms with Crippen molar-refractivity contribution in [2.45, 2.75) is 19.5 Å². The molecule has 2 heterocycles. The monoisotopic (exact) mass is 438 g/mol. The smallest absolute Gasteiger partial charge is 0.356 e. The van der Waals surface area contributed by atoms with Crippen LogP contribution in [0.1, 0.15) is 23.0 Å². The molecule has 0 radical (unpaired) electrons. The summed E-state index contributed by atoms with van der Waals surface area (Å²) in [6, 6.07) is 14.5. The summed E-state index contributed by atoms with van der Waals surface area (Å²) in [5.41, 5.74) is 0.905. The van der Waals surface area contributed by atoms with Crippen LogP contribution in [-0.2, 0) is 6.54 Å². The molecule has 1 saturated heterocycles. The van der Waals surface area contributed by atoms with Crippen LogP contribution >= 0.6 is 0 Å². The summed E-state index contributed by atoms with van der Waals surface area (Å²) < 4.78 is 20.0. The Morgan fingerprint density at radius 3 is 2.59 bits per heavy atom. The number of aromatic carboxylic acids is 1. The summed E-state index contributed by atoms with van der Waals surface area (Å²) in [4.78, 5) is 27.7. The van der Waals surface area contributed by atoms with E-state index in [2.05, 4.69) is 10.00 Å². The maximum absolute atomic E-state index is 13.1. The quantitative estimate of drug-likeness (QED) is 0.654. The first-order valence-corrected chi connectivity index (χ1v) is 10.2. The number of carbonyl (C=O) groups excluding carboxylic acids is 1. The Labute approximate surface area is 184 Å². The van der Waals surface area contributed by atoms with Gasteiger partial charge in [0.05, 0.1) is 0 Å². The van der Waals surface area contributed by atoms with E-state index in [1.54, 1.807) is 17.0 Å². The van der Waals surface area contributed by atoms with Crippen LogP contribution in [-0.4, -0.2) is 62.4 Å². The second kappa shape index (κ2) is 9.19. The summed E-state index contributed by atoms with van der Waals surface area (Å²) in [6.45, 7) is 4.50. The van der Waals surface area contributed by atoms with Gasteiger partial charge in [-0.1, -0.05) is 12.1 Å². The van der Waals surface area contributed by atoms with Crippen molar-refractivity contribution in [1.82, 2.24) is 19.6 Å². The highest BCUT2D eigenvalue weighted by Gasteiger charge is 2.29. The number of carbonyl (C=O) groups is 2. The topological polar surface area (TPSA) is 87.9 Å². The summed E-state index contributed by atoms with van der Waals surface area (Å²) in [5, 5.41) is 12.8. The van der Waals surface area contributed by atoms with Gasteiger partial charge in [-0.25, -0.2) is 14.0 Å². The lowest BCUT2D eigenvalue weighted by Gasteiger charge is -2.39. The number of hydrogen-bond acceptors (Lipinski definition) is 5. The van der Waals surface area contributed by atoms with E-state index in [1.165, 1.54) is 24.4 Å². The fourth-order valence-corrected chi connectivity index (χ4v) is 3.74. The summed E-state index contributed by atoms with van der Waals surface area (Å²) >= 11 is 0. The van der Waals surface area contributed by atoms with Crippen molar-refractivity contribution in [2.75, 3.05) is 19.6 Å². The van der Waals surface area contributed by atoms with E-state index in [1.807, 2.05) is 31.2 Å². The Kier molecular flexibility index (Phi) is 6.18. The number of ether oxygens (including phenoxy) is 1. The molecule has 8 nitrogen and oxygen atoms in total. The van der Waals surface area contributed by atoms with Crippen molar-refractivity contribution >= 4 is 12.0 Å². The zero-order valence-corrected chi connectivity index (χ0v) is 17.5. The minimum Gasteiger partial charge on any atom is -0.476 e. The Bertz CT molecular complexity index is 1120. The van der Waals surface area contributed by atoms with Crippen molar-refractivity contribution in [3.63, 3.8) is 0 Å². The molecule has 9 heteroatoms. The van der Waals surface area contributed by atoms with Crippen LogP contribution in [0.3, 0.4) is 0 Å². The number of amides is 1. The molecule has 1 aliphatic rings. The molecule has 1 aromatic heterocycles. The first-order valence-electron chi connectivity index (χ1n) is 10.2. The maximum Gasteiger partial charge on any atom is 0.356 e. The van der Waals surface area contributed by atoms with Gasteiger partial charge < -0.3 is 14.7 Å². The fourth-order valence-electron chi connectivity index (χ4n) is 3.74. The third-order valence-electron chi connectivity index (χ3n) is 5.32. The Morgan fingerprint density at radius 2 is 1.91 bits per heavy atom. The SMILES string of the molecule is CC1CN(Cc2cccc(Oc3ccc(F)cc3)c2)CCN1C(=O)n1ccc(C(=O)O)n1. The number of carboxylic acid groups (broad SMARTS) is 1. The number of aromatic nitrogens is 2. The predicted octanol–water partition coefficient (Wildman–Crippen LogP) is 3.69. The van der Waals surface area contributed by atoms with Gasteiger partial charge in [0.2, 0.25) is 0 Å². The first-order chi connectivity index (χ1) is 15.4. The summed E-state index contributed by atoms with van der Waals surface area (Å²) in [7, 11) is 0. The highest BCUT2D eigenvalue weighted by atomic mass is 19.1. The zero-order valence-electron chi connectivity index (χ0n) is 17.5. The van der Waals surface area contributed by atoms with E-state index in [-0.39, 0.29) is 23.6 Å². The predicted molar refractivity (Wildman–Crippen MR) is 114 cm³/mol. The second-order valence-corrected chi connectivity index (χ2v) is 7.71. The van der Waals surface area contributed by atoms with Gasteiger partial charge in [0.15, 0.2) is 5.69 Å². The molecule has 1 N–H and O–H groups in total. The lowest BCUT2D eigenvalue weighted by Crippen LogP contribution is -2.54. The molecule has 1 atom stereocenters. The average Bonchev–Trinajstić information content (AvgIpc) is 3.26. The molecular formula is C23H23FN4O4. The van der Waals surface area contributed by atoms with Crippen molar-refractivity contribution < 1.29 is 23.8 Å². The van der Waals surface area contributed by atoms with Crippen LogP contribution in [0, 0.1) is 5.82 Å². The van der Waals surface area contributed by atoms with Crippen LogP contribution in [0.25, 0.3) is 0 Å². The number of piperazine rings is 1. The van der Waals surface area contributed by atoms with Crippen molar-refractivity contribution in [3.8, 4) is 11.5 Å². The Balaban J connectivity index is 1.36. The summed E-state index contributed by atoms with van der Waals surface area (Å²) in [5.74, 6) is -0.245. The van der Waals surface area contributed by atoms with Gasteiger partial charge in [-0.15, -0.1) is 0 Å². The highest BCUT2D eigenvalue weighted by Crippen LogP contribution is 2.23. The molecule has 0 saturated carbocycles. The van der Waals surface area contributed by atoms with Gasteiger partial charge in [0.25, 0.3) is 0 Å². The molecule has 1 amide bonds. The van der Waals surface area contributed by atoms with Crippen LogP contribution in [0.2, 0.25) is 0 Å². The second-order valence-electron chi connectivity index (χ2n) is 7.71. The van der Waals surface area contributed by atoms with Gasteiger partial charge in [0, 0.05) is 38.4 Å². The van der Waals surface area contributed by atoms with Gasteiger partial charge in [-0.3, -0.25) is 4.90 Å². The van der Waals surface area contributed by atoms with Gasteiger partial charge in [-0.2, -0.15) is 9.78 Å². The average molecular weight is 438 g/mol. The normalized spacial score (nSPS) is 16.7. The minimum absolute atomic E-state index is 0.0626. The number of carboxylic acids is 1. The molecule has 4 rings (SSSR count). The number of benzene rings is 2. The van der Waals surface area contributed by atoms with E-state index >= 15 is 0 Å². The molecule has 1 aliphatic heterocycles. The molecule has 0 spiro atoms. The van der Waals surface area contributed by atoms with Crippen molar-refractivity contribution in [1.29, 1.82) is 0 Å². The van der Waals surface area contributed by atoms with Gasteiger partial charge in [-0.05, 0) is 55.0 Å². The van der Waals surface area contributed by atoms with E-state index in [4.69, 9.17) is 9.84 Å². The number of rotatable bonds is 5. The molecule has 0 aliphatic carbocycles. The molecule has 1 unspecified atom stereocenters. The van der Waals surface area contributed by atoms with Crippen LogP contribution in [0.4, 0.5) is 9.18 Å². The third kappa shape index (κ3) is 4.94. The standard InChI is InChI=1S/C23H23FN4O4/c1-16-14-26(11-12-27(16)23(31)28-10-9-21(25-28)22(29)30)15-17-3-2-4-20(13-17)32-19-7-5-18(24)6-8-19/h2-10,13,16H,11-12,14-15H2,1H3,(H,29,30). The third-order valence-corrected chi connectivity index (χ3v) is 5.32. The molecular weight excluding hydrogens is 415 g/mol. The molecule has 3 aromatic rings. The number of hydrogen-bond donors (Lipinski definition) is 1. The van der Waals surface area contributed by atoms with E-state index in [0.29, 0.717) is 37.7 Å². The molecule has 1 fully saturated rings. The maximum atomic E-state index is 13.1. The lowest BCUT2D eigenvalue weighted by molar-refractivity contribution is 0.0689. The number of halogens is 1. The van der Waals surface area contributed by atoms with Crippen LogP contribution < -0.4 is 4.74 Å². The lowest BCUT2D eigenvalue weighted by atomic mass is 10.1. The molecule has 0 bridgehead atoms. The van der Waals surface area contributed by atoms with Gasteiger partial charge >= 0.3 is 12.0 Å². The zero-order chi connectivity index (χ0) is 22.7. The highest BCUT2D eigenvalue weighted by molar-refractivity contribution is 5.86. The Hall–Kier alpha value is -3.72. The summed E-state index contributed by atoms with van der Waals surface area (Å²) in [6.07, 6.45) is 1.37. The number of nitrogens with zero attached hydrogens (tertiary/aromatic N) is 4. The minimum atomic E-state index is -1.17. The van der Waals surface area contributed by atoms with E-state index < -0.39 is 5.97 Å². The van der Waals surface area contributed by atoms with E-state index in [0.717, 1.165) is 10.2 Å². The van der Waals surface area contributed by atoms with Crippen LogP contribution in [0.15, 0.2) is 60.8 Å². The molecule has 32 heavy (non-hydrogen) atoms. The Morgan fingerprint density at radius 1 is 1.12 bits per heavy atom. The molecule has 2 aromatic carbocycles. The largest absolute Gasteiger partial charge is 0.476 e. The first kappa shape index (κ1) is 21.5. The fraction of sp³-hybridized carbons (Fsp3) is 0.261. The van der Waals surface area contributed by atoms with E-state index in [9.17, 15) is 14.0 Å².